The number of nitrogens with zero attached hydrogens (tertiary/aromatic N) is 1. The summed E-state index contributed by atoms with van der Waals surface area (Å²) >= 11 is 5.75. The zero-order chi connectivity index (χ0) is 20.1. The zero-order valence-corrected chi connectivity index (χ0v) is 15.5. The molecule has 3 aromatic rings. The van der Waals surface area contributed by atoms with Crippen molar-refractivity contribution >= 4 is 46.2 Å². The van der Waals surface area contributed by atoms with E-state index in [9.17, 15) is 14.0 Å². The normalized spacial score (nSPS) is 10.2. The van der Waals surface area contributed by atoms with Gasteiger partial charge in [-0.2, -0.15) is 0 Å². The molecule has 8 heteroatoms. The first kappa shape index (κ1) is 19.3. The van der Waals surface area contributed by atoms with Crippen molar-refractivity contribution < 1.29 is 14.0 Å². The minimum Gasteiger partial charge on any atom is -0.354 e. The van der Waals surface area contributed by atoms with Crippen molar-refractivity contribution in [1.29, 1.82) is 0 Å². The van der Waals surface area contributed by atoms with E-state index in [4.69, 9.17) is 11.6 Å². The molecule has 0 atom stereocenters. The van der Waals surface area contributed by atoms with Gasteiger partial charge in [0.05, 0.1) is 16.9 Å². The number of carbonyl (C=O) groups is 2. The molecule has 3 rings (SSSR count). The number of carbonyl (C=O) groups excluding carboxylic acids is 2. The standard InChI is InChI=1S/C20H16ClFN4O2/c1-12(27)24-13-2-4-14(5-3-13)26-20(28)19-9-7-16(11-23-19)25-15-6-8-18(22)17(21)10-15/h2-11,25H,1H3,(H,24,27)(H,26,28). The van der Waals surface area contributed by atoms with Crippen LogP contribution in [0, 0.1) is 5.82 Å². The molecular formula is C20H16ClFN4O2. The molecule has 0 bridgehead atoms. The molecule has 1 heterocycles. The highest BCUT2D eigenvalue weighted by molar-refractivity contribution is 6.31. The average molecular weight is 399 g/mol. The van der Waals surface area contributed by atoms with Crippen molar-refractivity contribution in [3.05, 3.63) is 77.3 Å². The number of hydrogen-bond acceptors (Lipinski definition) is 4. The molecule has 2 amide bonds. The van der Waals surface area contributed by atoms with Gasteiger partial charge in [-0.3, -0.25) is 9.59 Å². The van der Waals surface area contributed by atoms with Crippen LogP contribution in [0.1, 0.15) is 17.4 Å². The van der Waals surface area contributed by atoms with Crippen LogP contribution in [0.5, 0.6) is 0 Å². The highest BCUT2D eigenvalue weighted by atomic mass is 35.5. The molecule has 142 valence electrons. The van der Waals surface area contributed by atoms with E-state index in [-0.39, 0.29) is 22.5 Å². The molecule has 0 aliphatic heterocycles. The van der Waals surface area contributed by atoms with Crippen LogP contribution in [0.3, 0.4) is 0 Å². The summed E-state index contributed by atoms with van der Waals surface area (Å²) in [4.78, 5) is 27.5. The summed E-state index contributed by atoms with van der Waals surface area (Å²) in [6.45, 7) is 1.42. The van der Waals surface area contributed by atoms with Gasteiger partial charge in [0.2, 0.25) is 5.91 Å². The van der Waals surface area contributed by atoms with Gasteiger partial charge in [-0.25, -0.2) is 9.37 Å². The summed E-state index contributed by atoms with van der Waals surface area (Å²) in [6.07, 6.45) is 1.49. The van der Waals surface area contributed by atoms with Crippen molar-refractivity contribution in [1.82, 2.24) is 4.98 Å². The lowest BCUT2D eigenvalue weighted by Gasteiger charge is -2.09. The van der Waals surface area contributed by atoms with Gasteiger partial charge in [0.1, 0.15) is 11.5 Å². The number of nitrogens with one attached hydrogen (secondary N) is 3. The lowest BCUT2D eigenvalue weighted by atomic mass is 10.2. The molecule has 3 N–H and O–H groups in total. The van der Waals surface area contributed by atoms with Crippen LogP contribution >= 0.6 is 11.6 Å². The van der Waals surface area contributed by atoms with Crippen molar-refractivity contribution in [3.8, 4) is 0 Å². The van der Waals surface area contributed by atoms with Gasteiger partial charge in [0, 0.05) is 24.0 Å². The lowest BCUT2D eigenvalue weighted by Crippen LogP contribution is -2.13. The predicted octanol–water partition coefficient (Wildman–Crippen LogP) is 4.83. The van der Waals surface area contributed by atoms with E-state index in [1.165, 1.54) is 25.3 Å². The van der Waals surface area contributed by atoms with Crippen LogP contribution in [0.2, 0.25) is 5.02 Å². The first-order chi connectivity index (χ1) is 13.4. The Balaban J connectivity index is 1.63. The van der Waals surface area contributed by atoms with Crippen LogP contribution in [0.15, 0.2) is 60.8 Å². The summed E-state index contributed by atoms with van der Waals surface area (Å²) in [6, 6.07) is 14.2. The highest BCUT2D eigenvalue weighted by Gasteiger charge is 2.08. The van der Waals surface area contributed by atoms with Crippen LogP contribution < -0.4 is 16.0 Å². The fourth-order valence-corrected chi connectivity index (χ4v) is 2.56. The number of aromatic nitrogens is 1. The number of benzene rings is 2. The SMILES string of the molecule is CC(=O)Nc1ccc(NC(=O)c2ccc(Nc3ccc(F)c(Cl)c3)cn2)cc1. The van der Waals surface area contributed by atoms with Crippen LogP contribution in [0.4, 0.5) is 27.1 Å². The number of halogens is 2. The van der Waals surface area contributed by atoms with E-state index >= 15 is 0 Å². The third-order valence-electron chi connectivity index (χ3n) is 3.67. The Bertz CT molecular complexity index is 1010. The van der Waals surface area contributed by atoms with Crippen molar-refractivity contribution in [2.45, 2.75) is 6.92 Å². The second-order valence-corrected chi connectivity index (χ2v) is 6.31. The van der Waals surface area contributed by atoms with Crippen molar-refractivity contribution in [2.75, 3.05) is 16.0 Å². The van der Waals surface area contributed by atoms with E-state index in [0.29, 0.717) is 22.7 Å². The minimum absolute atomic E-state index is 0.0125. The third-order valence-corrected chi connectivity index (χ3v) is 3.96. The first-order valence-electron chi connectivity index (χ1n) is 8.28. The van der Waals surface area contributed by atoms with E-state index in [2.05, 4.69) is 20.9 Å². The fourth-order valence-electron chi connectivity index (χ4n) is 2.38. The first-order valence-corrected chi connectivity index (χ1v) is 8.65. The zero-order valence-electron chi connectivity index (χ0n) is 14.8. The van der Waals surface area contributed by atoms with Crippen molar-refractivity contribution in [2.24, 2.45) is 0 Å². The summed E-state index contributed by atoms with van der Waals surface area (Å²) in [5, 5.41) is 8.42. The Hall–Kier alpha value is -3.45. The van der Waals surface area contributed by atoms with Gasteiger partial charge in [-0.1, -0.05) is 11.6 Å². The molecule has 1 aromatic heterocycles. The average Bonchev–Trinajstić information content (AvgIpc) is 2.66. The minimum atomic E-state index is -0.498. The molecule has 0 aliphatic rings. The highest BCUT2D eigenvalue weighted by Crippen LogP contribution is 2.22. The van der Waals surface area contributed by atoms with E-state index in [0.717, 1.165) is 0 Å². The summed E-state index contributed by atoms with van der Waals surface area (Å²) < 4.78 is 13.2. The van der Waals surface area contributed by atoms with E-state index < -0.39 is 5.82 Å². The molecule has 6 nitrogen and oxygen atoms in total. The Morgan fingerprint density at radius 3 is 2.07 bits per heavy atom. The van der Waals surface area contributed by atoms with Crippen LogP contribution in [0.25, 0.3) is 0 Å². The summed E-state index contributed by atoms with van der Waals surface area (Å²) in [7, 11) is 0. The lowest BCUT2D eigenvalue weighted by molar-refractivity contribution is -0.114. The van der Waals surface area contributed by atoms with Gasteiger partial charge < -0.3 is 16.0 Å². The number of anilines is 4. The number of rotatable bonds is 5. The van der Waals surface area contributed by atoms with Gasteiger partial charge in [0.15, 0.2) is 0 Å². The topological polar surface area (TPSA) is 83.1 Å². The van der Waals surface area contributed by atoms with Crippen molar-refractivity contribution in [3.63, 3.8) is 0 Å². The fraction of sp³-hybridized carbons (Fsp3) is 0.0500. The molecule has 0 saturated carbocycles. The second-order valence-electron chi connectivity index (χ2n) is 5.90. The third kappa shape index (κ3) is 5.05. The maximum atomic E-state index is 13.2. The van der Waals surface area contributed by atoms with Gasteiger partial charge in [0.25, 0.3) is 5.91 Å². The molecule has 0 fully saturated rings. The maximum absolute atomic E-state index is 13.2. The van der Waals surface area contributed by atoms with E-state index in [1.807, 2.05) is 0 Å². The van der Waals surface area contributed by atoms with Gasteiger partial charge in [-0.15, -0.1) is 0 Å². The van der Waals surface area contributed by atoms with Gasteiger partial charge >= 0.3 is 0 Å². The van der Waals surface area contributed by atoms with E-state index in [1.54, 1.807) is 42.5 Å². The molecule has 0 aliphatic carbocycles. The molecule has 28 heavy (non-hydrogen) atoms. The van der Waals surface area contributed by atoms with Crippen LogP contribution in [-0.4, -0.2) is 16.8 Å². The van der Waals surface area contributed by atoms with Crippen LogP contribution in [-0.2, 0) is 4.79 Å². The largest absolute Gasteiger partial charge is 0.354 e. The quantitative estimate of drug-likeness (QED) is 0.575. The predicted molar refractivity (Wildman–Crippen MR) is 108 cm³/mol. The number of amides is 2. The molecule has 0 spiro atoms. The molecule has 0 unspecified atom stereocenters. The molecule has 0 radical (unpaired) electrons. The maximum Gasteiger partial charge on any atom is 0.274 e. The molecule has 2 aromatic carbocycles. The monoisotopic (exact) mass is 398 g/mol. The summed E-state index contributed by atoms with van der Waals surface area (Å²) in [5.74, 6) is -1.04. The summed E-state index contributed by atoms with van der Waals surface area (Å²) in [5.41, 5.74) is 2.67. The number of pyridine rings is 1. The smallest absolute Gasteiger partial charge is 0.274 e. The second kappa shape index (κ2) is 8.49. The number of hydrogen-bond donors (Lipinski definition) is 3. The molecular weight excluding hydrogens is 383 g/mol. The van der Waals surface area contributed by atoms with Gasteiger partial charge in [-0.05, 0) is 54.6 Å². The Labute approximate surface area is 165 Å². The Morgan fingerprint density at radius 2 is 1.50 bits per heavy atom. The molecule has 0 saturated heterocycles. The Kier molecular flexibility index (Phi) is 5.86. The Morgan fingerprint density at radius 1 is 0.893 bits per heavy atom.